The summed E-state index contributed by atoms with van der Waals surface area (Å²) in [7, 11) is 0. The van der Waals surface area contributed by atoms with Crippen LogP contribution in [0.1, 0.15) is 37.1 Å². The van der Waals surface area contributed by atoms with Crippen molar-refractivity contribution in [2.24, 2.45) is 0 Å². The maximum atomic E-state index is 12.7. The topological polar surface area (TPSA) is 53.4 Å². The van der Waals surface area contributed by atoms with Crippen molar-refractivity contribution in [3.63, 3.8) is 0 Å². The third-order valence-corrected chi connectivity index (χ3v) is 6.17. The summed E-state index contributed by atoms with van der Waals surface area (Å²) in [5.74, 6) is 0.0492. The Hall–Kier alpha value is -2.18. The Morgan fingerprint density at radius 1 is 1.07 bits per heavy atom. The largest absolute Gasteiger partial charge is 0.322 e. The van der Waals surface area contributed by atoms with Crippen molar-refractivity contribution in [2.45, 2.75) is 45.6 Å². The van der Waals surface area contributed by atoms with Crippen LogP contribution in [0, 0.1) is 13.8 Å². The molecule has 0 radical (unpaired) electrons. The van der Waals surface area contributed by atoms with E-state index in [0.29, 0.717) is 6.54 Å². The molecule has 6 heteroatoms. The van der Waals surface area contributed by atoms with Gasteiger partial charge < -0.3 is 5.32 Å². The van der Waals surface area contributed by atoms with Crippen LogP contribution in [0.3, 0.4) is 0 Å². The van der Waals surface area contributed by atoms with Crippen LogP contribution >= 0.6 is 0 Å². The first kappa shape index (κ1) is 19.2. The maximum Gasteiger partial charge on any atom is 0.238 e. The van der Waals surface area contributed by atoms with Crippen LogP contribution in [-0.2, 0) is 4.79 Å². The van der Waals surface area contributed by atoms with E-state index in [4.69, 9.17) is 0 Å². The zero-order valence-electron chi connectivity index (χ0n) is 17.0. The van der Waals surface area contributed by atoms with E-state index in [1.165, 1.54) is 25.7 Å². The van der Waals surface area contributed by atoms with E-state index in [1.807, 2.05) is 48.9 Å². The van der Waals surface area contributed by atoms with E-state index in [2.05, 4.69) is 20.2 Å². The van der Waals surface area contributed by atoms with Gasteiger partial charge in [0, 0.05) is 32.2 Å². The number of carbonyl (C=O) groups is 1. The minimum absolute atomic E-state index is 0.0492. The molecule has 1 aromatic carbocycles. The van der Waals surface area contributed by atoms with Crippen molar-refractivity contribution in [3.05, 3.63) is 41.7 Å². The molecule has 6 nitrogen and oxygen atoms in total. The average molecular weight is 382 g/mol. The molecule has 2 fully saturated rings. The van der Waals surface area contributed by atoms with E-state index in [9.17, 15) is 4.79 Å². The Morgan fingerprint density at radius 3 is 2.43 bits per heavy atom. The lowest BCUT2D eigenvalue weighted by Gasteiger charge is -2.37. The highest BCUT2D eigenvalue weighted by Gasteiger charge is 2.27. The molecular weight excluding hydrogens is 350 g/mol. The number of para-hydroxylation sites is 1. The lowest BCUT2D eigenvalue weighted by atomic mass is 10.2. The second-order valence-corrected chi connectivity index (χ2v) is 8.09. The maximum absolute atomic E-state index is 12.7. The highest BCUT2D eigenvalue weighted by Crippen LogP contribution is 2.25. The van der Waals surface area contributed by atoms with Gasteiger partial charge in [0.05, 0.1) is 29.3 Å². The van der Waals surface area contributed by atoms with E-state index in [-0.39, 0.29) is 5.91 Å². The minimum Gasteiger partial charge on any atom is -0.322 e. The third kappa shape index (κ3) is 4.13. The molecule has 1 saturated carbocycles. The molecule has 1 aliphatic carbocycles. The van der Waals surface area contributed by atoms with Crippen LogP contribution < -0.4 is 5.32 Å². The Morgan fingerprint density at radius 2 is 1.75 bits per heavy atom. The molecule has 1 amide bonds. The Labute approximate surface area is 167 Å². The number of aromatic nitrogens is 2. The number of carbonyl (C=O) groups excluding carboxylic acids is 1. The fraction of sp³-hybridized carbons (Fsp3) is 0.545. The number of rotatable bonds is 5. The fourth-order valence-corrected chi connectivity index (χ4v) is 4.58. The number of benzene rings is 1. The predicted octanol–water partition coefficient (Wildman–Crippen LogP) is 2.99. The summed E-state index contributed by atoms with van der Waals surface area (Å²) < 4.78 is 1.89. The van der Waals surface area contributed by atoms with Gasteiger partial charge in [-0.2, -0.15) is 5.10 Å². The number of hydrogen-bond acceptors (Lipinski definition) is 4. The van der Waals surface area contributed by atoms with Gasteiger partial charge in [0.1, 0.15) is 0 Å². The molecular formula is C22H31N5O. The molecule has 1 N–H and O–H groups in total. The van der Waals surface area contributed by atoms with Gasteiger partial charge in [0.15, 0.2) is 0 Å². The number of nitrogens with zero attached hydrogens (tertiary/aromatic N) is 4. The first-order valence-electron chi connectivity index (χ1n) is 10.5. The van der Waals surface area contributed by atoms with Gasteiger partial charge in [-0.3, -0.25) is 14.6 Å². The van der Waals surface area contributed by atoms with Gasteiger partial charge in [-0.25, -0.2) is 4.68 Å². The predicted molar refractivity (Wildman–Crippen MR) is 112 cm³/mol. The molecule has 1 aliphatic heterocycles. The standard InChI is InChI=1S/C22H31N5O/c1-17-22(18(2)27(24-17)20-10-4-3-5-11-20)23-21(28)16-25-12-14-26(15-13-25)19-8-6-7-9-19/h3-5,10-11,19H,6-9,12-16H2,1-2H3,(H,23,28). The summed E-state index contributed by atoms with van der Waals surface area (Å²) in [6.07, 6.45) is 5.46. The molecule has 0 bridgehead atoms. The third-order valence-electron chi connectivity index (χ3n) is 6.17. The molecule has 0 atom stereocenters. The lowest BCUT2D eigenvalue weighted by molar-refractivity contribution is -0.117. The second-order valence-electron chi connectivity index (χ2n) is 8.09. The van der Waals surface area contributed by atoms with E-state index in [1.54, 1.807) is 0 Å². The van der Waals surface area contributed by atoms with Crippen LogP contribution in [0.4, 0.5) is 5.69 Å². The number of anilines is 1. The summed E-state index contributed by atoms with van der Waals surface area (Å²) in [6, 6.07) is 10.8. The molecule has 2 heterocycles. The Bertz CT molecular complexity index is 802. The van der Waals surface area contributed by atoms with Crippen LogP contribution in [0.5, 0.6) is 0 Å². The summed E-state index contributed by atoms with van der Waals surface area (Å²) in [5.41, 5.74) is 3.65. The fourth-order valence-electron chi connectivity index (χ4n) is 4.58. The van der Waals surface area contributed by atoms with Crippen molar-refractivity contribution in [1.29, 1.82) is 0 Å². The molecule has 0 spiro atoms. The SMILES string of the molecule is Cc1nn(-c2ccccc2)c(C)c1NC(=O)CN1CCN(C2CCCC2)CC1. The van der Waals surface area contributed by atoms with Crippen LogP contribution in [0.2, 0.25) is 0 Å². The monoisotopic (exact) mass is 381 g/mol. The number of aryl methyl sites for hydroxylation is 1. The van der Waals surface area contributed by atoms with Crippen molar-refractivity contribution >= 4 is 11.6 Å². The van der Waals surface area contributed by atoms with Crippen molar-refractivity contribution in [1.82, 2.24) is 19.6 Å². The smallest absolute Gasteiger partial charge is 0.238 e. The molecule has 28 heavy (non-hydrogen) atoms. The van der Waals surface area contributed by atoms with Crippen molar-refractivity contribution in [3.8, 4) is 5.69 Å². The molecule has 2 aromatic rings. The lowest BCUT2D eigenvalue weighted by Crippen LogP contribution is -2.51. The van der Waals surface area contributed by atoms with Gasteiger partial charge in [-0.1, -0.05) is 31.0 Å². The van der Waals surface area contributed by atoms with E-state index in [0.717, 1.165) is 55.0 Å². The molecule has 2 aliphatic rings. The van der Waals surface area contributed by atoms with Gasteiger partial charge in [0.25, 0.3) is 0 Å². The van der Waals surface area contributed by atoms with Crippen LogP contribution in [0.15, 0.2) is 30.3 Å². The molecule has 4 rings (SSSR count). The van der Waals surface area contributed by atoms with Crippen LogP contribution in [-0.4, -0.2) is 64.3 Å². The highest BCUT2D eigenvalue weighted by atomic mass is 16.2. The molecule has 150 valence electrons. The Kier molecular flexibility index (Phi) is 5.78. The summed E-state index contributed by atoms with van der Waals surface area (Å²) >= 11 is 0. The van der Waals surface area contributed by atoms with Gasteiger partial charge in [-0.15, -0.1) is 0 Å². The van der Waals surface area contributed by atoms with E-state index < -0.39 is 0 Å². The molecule has 0 unspecified atom stereocenters. The normalized spacial score (nSPS) is 19.2. The Balaban J connectivity index is 1.34. The summed E-state index contributed by atoms with van der Waals surface area (Å²) in [4.78, 5) is 17.6. The van der Waals surface area contributed by atoms with Gasteiger partial charge in [-0.05, 0) is 38.8 Å². The first-order valence-corrected chi connectivity index (χ1v) is 10.5. The average Bonchev–Trinajstić information content (AvgIpc) is 3.34. The summed E-state index contributed by atoms with van der Waals surface area (Å²) in [6.45, 7) is 8.53. The molecule has 1 aromatic heterocycles. The summed E-state index contributed by atoms with van der Waals surface area (Å²) in [5, 5.41) is 7.72. The van der Waals surface area contributed by atoms with Gasteiger partial charge >= 0.3 is 0 Å². The number of hydrogen-bond donors (Lipinski definition) is 1. The van der Waals surface area contributed by atoms with Crippen LogP contribution in [0.25, 0.3) is 5.69 Å². The zero-order valence-corrected chi connectivity index (χ0v) is 17.0. The number of piperazine rings is 1. The number of amides is 1. The van der Waals surface area contributed by atoms with Crippen molar-refractivity contribution in [2.75, 3.05) is 38.0 Å². The first-order chi connectivity index (χ1) is 13.6. The molecule has 1 saturated heterocycles. The second kappa shape index (κ2) is 8.45. The van der Waals surface area contributed by atoms with Crippen molar-refractivity contribution < 1.29 is 4.79 Å². The van der Waals surface area contributed by atoms with Gasteiger partial charge in [0.2, 0.25) is 5.91 Å². The quantitative estimate of drug-likeness (QED) is 0.865. The zero-order chi connectivity index (χ0) is 19.5. The number of nitrogens with one attached hydrogen (secondary N) is 1. The van der Waals surface area contributed by atoms with E-state index >= 15 is 0 Å². The minimum atomic E-state index is 0.0492. The highest BCUT2D eigenvalue weighted by molar-refractivity contribution is 5.93.